The number of esters is 2. The largest absolute Gasteiger partial charge is 1.00 e. The molecule has 0 radical (unpaired) electrons. The molecule has 6 fully saturated rings. The van der Waals surface area contributed by atoms with E-state index in [-0.39, 0.29) is 41.8 Å². The second kappa shape index (κ2) is 15.5. The quantitative estimate of drug-likeness (QED) is 0.204. The van der Waals surface area contributed by atoms with E-state index >= 15 is 0 Å². The molecule has 0 aliphatic carbocycles. The second-order valence-electron chi connectivity index (χ2n) is 18.6. The minimum atomic E-state index is -3.42. The van der Waals surface area contributed by atoms with Crippen LogP contribution in [-0.2, 0) is 56.6 Å². The van der Waals surface area contributed by atoms with Gasteiger partial charge < -0.3 is 57.3 Å². The van der Waals surface area contributed by atoms with Gasteiger partial charge in [0, 0.05) is 35.5 Å². The maximum Gasteiger partial charge on any atom is 1.00 e. The van der Waals surface area contributed by atoms with E-state index in [4.69, 9.17) is 47.0 Å². The summed E-state index contributed by atoms with van der Waals surface area (Å²) < 4.78 is 65.8. The van der Waals surface area contributed by atoms with Crippen molar-refractivity contribution in [1.82, 2.24) is 0 Å². The number of carbonyl (C=O) groups excluding carboxylic acids is 2. The Labute approximate surface area is 352 Å². The molecular formula is C40H60BNaO14. The molecule has 308 valence electrons. The normalized spacial score (nSPS) is 52.3. The molecule has 6 saturated heterocycles. The topological polar surface area (TPSA) is 167 Å². The van der Waals surface area contributed by atoms with Crippen molar-refractivity contribution in [3.8, 4) is 0 Å². The number of aliphatic hydroxyl groups is 2. The molecule has 0 aromatic heterocycles. The summed E-state index contributed by atoms with van der Waals surface area (Å²) in [4.78, 5) is 29.2. The summed E-state index contributed by atoms with van der Waals surface area (Å²) in [6.07, 6.45) is 2.49. The zero-order chi connectivity index (χ0) is 39.3. The Balaban J connectivity index is 0.00000480. The van der Waals surface area contributed by atoms with Gasteiger partial charge in [-0.15, -0.1) is 0 Å². The van der Waals surface area contributed by atoms with E-state index in [0.29, 0.717) is 51.4 Å². The van der Waals surface area contributed by atoms with Gasteiger partial charge in [-0.05, 0) is 52.4 Å². The van der Waals surface area contributed by atoms with Gasteiger partial charge in [0.05, 0.1) is 48.8 Å². The Bertz CT molecular complexity index is 1450. The van der Waals surface area contributed by atoms with Crippen molar-refractivity contribution in [2.24, 2.45) is 22.7 Å². The number of ether oxygens (including phenoxy) is 6. The van der Waals surface area contributed by atoms with Crippen LogP contribution in [0.3, 0.4) is 0 Å². The van der Waals surface area contributed by atoms with Crippen LogP contribution in [0.5, 0.6) is 0 Å². The predicted molar refractivity (Wildman–Crippen MR) is 194 cm³/mol. The molecule has 8 heterocycles. The number of aliphatic hydroxyl groups excluding tert-OH is 2. The Morgan fingerprint density at radius 3 is 1.43 bits per heavy atom. The number of hydrogen-bond donors (Lipinski definition) is 2. The van der Waals surface area contributed by atoms with Crippen molar-refractivity contribution in [3.63, 3.8) is 0 Å². The van der Waals surface area contributed by atoms with E-state index < -0.39 is 114 Å². The minimum Gasteiger partial charge on any atom is -0.504 e. The minimum absolute atomic E-state index is 0. The van der Waals surface area contributed by atoms with E-state index in [1.165, 1.54) is 0 Å². The first-order chi connectivity index (χ1) is 25.9. The Morgan fingerprint density at radius 2 is 1.04 bits per heavy atom. The van der Waals surface area contributed by atoms with Crippen molar-refractivity contribution in [2.45, 2.75) is 192 Å². The van der Waals surface area contributed by atoms with Crippen molar-refractivity contribution in [1.29, 1.82) is 0 Å². The first-order valence-electron chi connectivity index (χ1n) is 20.5. The van der Waals surface area contributed by atoms with Gasteiger partial charge in [0.25, 0.3) is 0 Å². The summed E-state index contributed by atoms with van der Waals surface area (Å²) in [5.41, 5.74) is -1.64. The number of hydrogen-bond acceptors (Lipinski definition) is 14. The summed E-state index contributed by atoms with van der Waals surface area (Å²) in [5.74, 6) is -6.02. The van der Waals surface area contributed by atoms with Gasteiger partial charge in [-0.1, -0.05) is 65.8 Å². The number of rotatable bonds is 0. The van der Waals surface area contributed by atoms with Gasteiger partial charge in [0.1, 0.15) is 12.2 Å². The molecule has 0 saturated carbocycles. The predicted octanol–water partition coefficient (Wildman–Crippen LogP) is 1.15. The molecule has 2 unspecified atom stereocenters. The molecule has 0 aromatic carbocycles. The summed E-state index contributed by atoms with van der Waals surface area (Å²) in [5, 5.41) is 23.3. The smallest absolute Gasteiger partial charge is 0.504 e. The molecule has 2 N–H and O–H groups in total. The molecule has 14 nitrogen and oxygen atoms in total. The first kappa shape index (κ1) is 43.2. The summed E-state index contributed by atoms with van der Waals surface area (Å²) >= 11 is 0. The van der Waals surface area contributed by atoms with Crippen molar-refractivity contribution >= 4 is 18.9 Å². The molecule has 8 rings (SSSR count). The molecule has 11 bridgehead atoms. The SMILES string of the molecule is C[C@@H]1CC[C@@H]2O[C@]13O[B-]14O[C@H]3C(=O)O[C@H]3C[C@@H](/C=C/CC(O)C(C)(C)[C@@H]5CC[C@@H](C)[C@](O5)(O1)[C@@H](O4)C(=O)O[C@H]1C[C@@H](/C=C/CC(O)C2(C)C)O[C@@H]1C)O[C@@H]3C.[Na+]. The van der Waals surface area contributed by atoms with Crippen LogP contribution in [0.15, 0.2) is 24.3 Å². The van der Waals surface area contributed by atoms with Gasteiger partial charge >= 0.3 is 48.5 Å². The fraction of sp³-hybridized carbons (Fsp3) is 0.850. The molecule has 16 heteroatoms. The molecule has 0 amide bonds. The first-order valence-corrected chi connectivity index (χ1v) is 20.5. The fourth-order valence-corrected chi connectivity index (χ4v) is 10.1. The molecular weight excluding hydrogens is 738 g/mol. The van der Waals surface area contributed by atoms with Crippen LogP contribution in [0.1, 0.15) is 107 Å². The van der Waals surface area contributed by atoms with Gasteiger partial charge in [-0.3, -0.25) is 0 Å². The van der Waals surface area contributed by atoms with Gasteiger partial charge in [0.2, 0.25) is 0 Å². The molecule has 8 aliphatic rings. The maximum absolute atomic E-state index is 14.6. The standard InChI is InChI=1S/C40H60BO14.Na/c1-21-15-17-31-37(5,6)29(42)13-9-11-26-20-28(24(4)47-26)49-36(45)34-40-22(2)16-18-32(51-40)38(7,8)30(43)14-10-12-25-19-27(23(3)46-25)48-35(44)33-39(21,50-31)54-41(52-33,53-34)55-40;/h9-12,21-34,42-43H,13-20H2,1-8H3;/q-1;+1/b11-9+,12-10+;/t21-,22-,23-,24-,25-,26-,27+,28+,29?,30?,31+,32+,33+,34+,39+,40+,41?;/m1./s1. The molecule has 3 spiro atoms. The van der Waals surface area contributed by atoms with Crippen molar-refractivity contribution < 1.29 is 96.4 Å². The van der Waals surface area contributed by atoms with E-state index in [1.807, 2.05) is 79.7 Å². The zero-order valence-electron chi connectivity index (χ0n) is 34.4. The van der Waals surface area contributed by atoms with E-state index in [9.17, 15) is 19.8 Å². The fourth-order valence-electron chi connectivity index (χ4n) is 10.1. The van der Waals surface area contributed by atoms with Crippen LogP contribution < -0.4 is 29.6 Å². The van der Waals surface area contributed by atoms with E-state index in [2.05, 4.69) is 0 Å². The Kier molecular flexibility index (Phi) is 12.0. The van der Waals surface area contributed by atoms with Crippen LogP contribution in [0.4, 0.5) is 0 Å². The molecule has 0 aromatic rings. The van der Waals surface area contributed by atoms with Crippen LogP contribution in [0.25, 0.3) is 0 Å². The van der Waals surface area contributed by atoms with Gasteiger partial charge in [-0.25, -0.2) is 9.59 Å². The van der Waals surface area contributed by atoms with E-state index in [0.717, 1.165) is 0 Å². The third-order valence-corrected chi connectivity index (χ3v) is 14.3. The molecule has 8 aliphatic heterocycles. The zero-order valence-corrected chi connectivity index (χ0v) is 36.4. The Hall–Kier alpha value is -0.915. The summed E-state index contributed by atoms with van der Waals surface area (Å²) in [6, 6.07) is 0. The number of carbonyl (C=O) groups is 2. The third kappa shape index (κ3) is 7.23. The second-order valence-corrected chi connectivity index (χ2v) is 18.6. The summed E-state index contributed by atoms with van der Waals surface area (Å²) in [7, 11) is 0. The molecule has 56 heavy (non-hydrogen) atoms. The average Bonchev–Trinajstić information content (AvgIpc) is 3.84. The van der Waals surface area contributed by atoms with Crippen LogP contribution in [-0.4, -0.2) is 114 Å². The van der Waals surface area contributed by atoms with Crippen molar-refractivity contribution in [2.75, 3.05) is 0 Å². The molecule has 16 atom stereocenters. The van der Waals surface area contributed by atoms with E-state index in [1.54, 1.807) is 0 Å². The third-order valence-electron chi connectivity index (χ3n) is 14.3. The van der Waals surface area contributed by atoms with Crippen molar-refractivity contribution in [3.05, 3.63) is 24.3 Å². The maximum atomic E-state index is 14.6. The summed E-state index contributed by atoms with van der Waals surface area (Å²) in [6.45, 7) is 11.8. The van der Waals surface area contributed by atoms with Crippen LogP contribution in [0.2, 0.25) is 0 Å². The van der Waals surface area contributed by atoms with Gasteiger partial charge in [0.15, 0.2) is 23.8 Å². The Morgan fingerprint density at radius 1 is 0.643 bits per heavy atom. The van der Waals surface area contributed by atoms with Crippen LogP contribution >= 0.6 is 0 Å². The van der Waals surface area contributed by atoms with Gasteiger partial charge in [-0.2, -0.15) is 0 Å². The average molecular weight is 799 g/mol. The number of fused-ring (bicyclic) bond motifs is 8. The van der Waals surface area contributed by atoms with Crippen LogP contribution in [0, 0.1) is 22.7 Å². The monoisotopic (exact) mass is 798 g/mol.